The van der Waals surface area contributed by atoms with Crippen molar-refractivity contribution in [1.29, 1.82) is 0 Å². The second kappa shape index (κ2) is 5.36. The first kappa shape index (κ1) is 11.5. The van der Waals surface area contributed by atoms with Crippen molar-refractivity contribution >= 4 is 5.97 Å². The third-order valence-electron chi connectivity index (χ3n) is 2.16. The van der Waals surface area contributed by atoms with Crippen molar-refractivity contribution in [2.75, 3.05) is 14.2 Å². The lowest BCUT2D eigenvalue weighted by Gasteiger charge is -2.21. The minimum Gasteiger partial charge on any atom is -0.498 e. The fourth-order valence-corrected chi connectivity index (χ4v) is 1.38. The Balaban J connectivity index is 2.74. The van der Waals surface area contributed by atoms with Gasteiger partial charge in [0.05, 0.1) is 7.11 Å². The van der Waals surface area contributed by atoms with E-state index >= 15 is 0 Å². The van der Waals surface area contributed by atoms with E-state index in [2.05, 4.69) is 0 Å². The van der Waals surface area contributed by atoms with E-state index in [0.717, 1.165) is 17.4 Å². The topological polar surface area (TPSA) is 55.8 Å². The smallest absolute Gasteiger partial charge is 0.328 e. The third-order valence-corrected chi connectivity index (χ3v) is 2.16. The highest BCUT2D eigenvalue weighted by Crippen LogP contribution is 2.22. The first-order valence-electron chi connectivity index (χ1n) is 4.56. The second-order valence-corrected chi connectivity index (χ2v) is 3.11. The van der Waals surface area contributed by atoms with Gasteiger partial charge in [-0.3, -0.25) is 0 Å². The zero-order valence-electron chi connectivity index (χ0n) is 8.77. The van der Waals surface area contributed by atoms with Crippen molar-refractivity contribution in [3.8, 4) is 0 Å². The van der Waals surface area contributed by atoms with Crippen molar-refractivity contribution in [3.63, 3.8) is 0 Å². The molecule has 0 fully saturated rings. The first-order chi connectivity index (χ1) is 7.17. The van der Waals surface area contributed by atoms with E-state index in [0.29, 0.717) is 6.42 Å². The maximum absolute atomic E-state index is 10.3. The van der Waals surface area contributed by atoms with Gasteiger partial charge in [-0.25, -0.2) is 4.79 Å². The van der Waals surface area contributed by atoms with Crippen LogP contribution in [0.15, 0.2) is 35.6 Å². The average molecular weight is 210 g/mol. The summed E-state index contributed by atoms with van der Waals surface area (Å²) in [7, 11) is 3.19. The Morgan fingerprint density at radius 1 is 1.53 bits per heavy atom. The van der Waals surface area contributed by atoms with Gasteiger partial charge in [-0.15, -0.1) is 0 Å². The molecule has 1 atom stereocenters. The minimum absolute atomic E-state index is 0.131. The molecule has 15 heavy (non-hydrogen) atoms. The second-order valence-electron chi connectivity index (χ2n) is 3.11. The molecular formula is C11H14O4. The van der Waals surface area contributed by atoms with Crippen molar-refractivity contribution < 1.29 is 19.4 Å². The monoisotopic (exact) mass is 210 g/mol. The molecule has 1 rings (SSSR count). The van der Waals surface area contributed by atoms with Crippen LogP contribution in [0.25, 0.3) is 0 Å². The van der Waals surface area contributed by atoms with Crippen molar-refractivity contribution in [2.24, 2.45) is 0 Å². The highest BCUT2D eigenvalue weighted by atomic mass is 16.5. The Labute approximate surface area is 88.5 Å². The molecule has 0 amide bonds. The molecule has 0 bridgehead atoms. The summed E-state index contributed by atoms with van der Waals surface area (Å²) in [5.74, 6) is -0.198. The average Bonchev–Trinajstić information content (AvgIpc) is 2.25. The number of rotatable bonds is 4. The number of ether oxygens (including phenoxy) is 2. The molecule has 1 N–H and O–H groups in total. The van der Waals surface area contributed by atoms with Gasteiger partial charge in [-0.05, 0) is 11.6 Å². The van der Waals surface area contributed by atoms with Crippen LogP contribution in [0.3, 0.4) is 0 Å². The summed E-state index contributed by atoms with van der Waals surface area (Å²) in [6, 6.07) is 0. The van der Waals surface area contributed by atoms with Gasteiger partial charge in [0, 0.05) is 19.6 Å². The van der Waals surface area contributed by atoms with E-state index in [-0.39, 0.29) is 6.10 Å². The van der Waals surface area contributed by atoms with E-state index in [1.807, 2.05) is 6.08 Å². The number of allylic oxidation sites excluding steroid dienone is 3. The first-order valence-corrected chi connectivity index (χ1v) is 4.56. The molecule has 0 aromatic carbocycles. The molecule has 0 spiro atoms. The van der Waals surface area contributed by atoms with Crippen molar-refractivity contribution in [3.05, 3.63) is 35.6 Å². The molecule has 4 heteroatoms. The molecule has 1 aliphatic carbocycles. The fraction of sp³-hybridized carbons (Fsp3) is 0.364. The Morgan fingerprint density at radius 3 is 2.80 bits per heavy atom. The van der Waals surface area contributed by atoms with Gasteiger partial charge < -0.3 is 14.6 Å². The van der Waals surface area contributed by atoms with Crippen LogP contribution in [-0.2, 0) is 14.3 Å². The number of methoxy groups -OCH3 is 2. The zero-order valence-corrected chi connectivity index (χ0v) is 8.77. The SMILES string of the molecule is COC1=CC=C(/C=C/C(=O)O)CC1OC. The quantitative estimate of drug-likeness (QED) is 0.714. The van der Waals surface area contributed by atoms with Crippen LogP contribution >= 0.6 is 0 Å². The molecule has 82 valence electrons. The number of hydrogen-bond donors (Lipinski definition) is 1. The van der Waals surface area contributed by atoms with E-state index < -0.39 is 5.97 Å². The largest absolute Gasteiger partial charge is 0.498 e. The Morgan fingerprint density at radius 2 is 2.27 bits per heavy atom. The van der Waals surface area contributed by atoms with E-state index in [1.54, 1.807) is 26.4 Å². The van der Waals surface area contributed by atoms with Crippen LogP contribution in [0, 0.1) is 0 Å². The van der Waals surface area contributed by atoms with Gasteiger partial charge in [0.25, 0.3) is 0 Å². The minimum atomic E-state index is -0.952. The standard InChI is InChI=1S/C11H14O4/c1-14-9-5-3-8(4-6-11(12)13)7-10(9)15-2/h3-6,10H,7H2,1-2H3,(H,12,13)/b6-4+. The third kappa shape index (κ3) is 3.25. The summed E-state index contributed by atoms with van der Waals surface area (Å²) in [5.41, 5.74) is 0.907. The van der Waals surface area contributed by atoms with Crippen LogP contribution < -0.4 is 0 Å². The predicted molar refractivity (Wildman–Crippen MR) is 55.4 cm³/mol. The number of carbonyl (C=O) groups is 1. The summed E-state index contributed by atoms with van der Waals surface area (Å²) in [6.45, 7) is 0. The Hall–Kier alpha value is -1.55. The van der Waals surface area contributed by atoms with Crippen LogP contribution in [0.1, 0.15) is 6.42 Å². The van der Waals surface area contributed by atoms with Gasteiger partial charge >= 0.3 is 5.97 Å². The molecule has 0 aromatic rings. The molecule has 4 nitrogen and oxygen atoms in total. The van der Waals surface area contributed by atoms with Gasteiger partial charge in [-0.2, -0.15) is 0 Å². The van der Waals surface area contributed by atoms with Crippen LogP contribution in [-0.4, -0.2) is 31.4 Å². The number of hydrogen-bond acceptors (Lipinski definition) is 3. The molecule has 1 aliphatic rings. The highest BCUT2D eigenvalue weighted by Gasteiger charge is 2.18. The highest BCUT2D eigenvalue weighted by molar-refractivity contribution is 5.80. The molecule has 0 saturated carbocycles. The summed E-state index contributed by atoms with van der Waals surface area (Å²) in [5, 5.41) is 8.48. The van der Waals surface area contributed by atoms with Crippen LogP contribution in [0.5, 0.6) is 0 Å². The number of aliphatic carboxylic acids is 1. The lowest BCUT2D eigenvalue weighted by atomic mass is 10.0. The molecule has 0 aliphatic heterocycles. The lowest BCUT2D eigenvalue weighted by Crippen LogP contribution is -2.18. The van der Waals surface area contributed by atoms with Gasteiger partial charge in [0.1, 0.15) is 11.9 Å². The van der Waals surface area contributed by atoms with E-state index in [1.165, 1.54) is 0 Å². The maximum atomic E-state index is 10.3. The molecular weight excluding hydrogens is 196 g/mol. The fourth-order valence-electron chi connectivity index (χ4n) is 1.38. The van der Waals surface area contributed by atoms with Gasteiger partial charge in [-0.1, -0.05) is 12.2 Å². The normalized spacial score (nSPS) is 21.1. The molecule has 0 aromatic heterocycles. The molecule has 0 heterocycles. The van der Waals surface area contributed by atoms with Crippen LogP contribution in [0.2, 0.25) is 0 Å². The Bertz CT molecular complexity index is 325. The summed E-state index contributed by atoms with van der Waals surface area (Å²) >= 11 is 0. The molecule has 1 unspecified atom stereocenters. The van der Waals surface area contributed by atoms with Crippen molar-refractivity contribution in [1.82, 2.24) is 0 Å². The predicted octanol–water partition coefficient (Wildman–Crippen LogP) is 1.50. The van der Waals surface area contributed by atoms with E-state index in [9.17, 15) is 4.79 Å². The summed E-state index contributed by atoms with van der Waals surface area (Å²) < 4.78 is 10.3. The Kier molecular flexibility index (Phi) is 4.12. The van der Waals surface area contributed by atoms with Crippen molar-refractivity contribution in [2.45, 2.75) is 12.5 Å². The molecule has 0 radical (unpaired) electrons. The van der Waals surface area contributed by atoms with Gasteiger partial charge in [0.2, 0.25) is 0 Å². The molecule has 0 saturated heterocycles. The number of carboxylic acids is 1. The summed E-state index contributed by atoms with van der Waals surface area (Å²) in [6.07, 6.45) is 6.79. The van der Waals surface area contributed by atoms with Crippen LogP contribution in [0.4, 0.5) is 0 Å². The lowest BCUT2D eigenvalue weighted by molar-refractivity contribution is -0.131. The zero-order chi connectivity index (χ0) is 11.3. The van der Waals surface area contributed by atoms with Gasteiger partial charge in [0.15, 0.2) is 0 Å². The van der Waals surface area contributed by atoms with E-state index in [4.69, 9.17) is 14.6 Å². The maximum Gasteiger partial charge on any atom is 0.328 e. The summed E-state index contributed by atoms with van der Waals surface area (Å²) in [4.78, 5) is 10.3. The number of carboxylic acid groups (broad SMARTS) is 1.